The minimum atomic E-state index is -0.792. The van der Waals surface area contributed by atoms with E-state index >= 15 is 0 Å². The normalized spacial score (nSPS) is 18.8. The first-order chi connectivity index (χ1) is 9.47. The number of aliphatic hydroxyl groups excluding tert-OH is 2. The Morgan fingerprint density at radius 2 is 2.05 bits per heavy atom. The van der Waals surface area contributed by atoms with Crippen molar-refractivity contribution in [1.82, 2.24) is 4.90 Å². The van der Waals surface area contributed by atoms with E-state index < -0.39 is 23.5 Å². The van der Waals surface area contributed by atoms with Gasteiger partial charge in [0.25, 0.3) is 5.91 Å². The van der Waals surface area contributed by atoms with Crippen molar-refractivity contribution in [2.24, 2.45) is 0 Å². The van der Waals surface area contributed by atoms with Crippen LogP contribution in [0.15, 0.2) is 35.6 Å². The summed E-state index contributed by atoms with van der Waals surface area (Å²) >= 11 is 0. The molecule has 1 aromatic carbocycles. The van der Waals surface area contributed by atoms with Gasteiger partial charge in [-0.25, -0.2) is 0 Å². The van der Waals surface area contributed by atoms with Crippen LogP contribution in [-0.4, -0.2) is 45.1 Å². The maximum absolute atomic E-state index is 12.0. The Hall–Kier alpha value is -2.34. The average molecular weight is 277 g/mol. The molecule has 0 radical (unpaired) electrons. The van der Waals surface area contributed by atoms with Gasteiger partial charge in [-0.15, -0.1) is 0 Å². The Morgan fingerprint density at radius 3 is 2.60 bits per heavy atom. The van der Waals surface area contributed by atoms with Gasteiger partial charge in [0.15, 0.2) is 11.5 Å². The Balaban J connectivity index is 2.54. The van der Waals surface area contributed by atoms with Crippen LogP contribution in [0.2, 0.25) is 0 Å². The highest BCUT2D eigenvalue weighted by molar-refractivity contribution is 6.08. The smallest absolute Gasteiger partial charge is 0.290 e. The molecule has 1 aliphatic rings. The maximum atomic E-state index is 12.0. The fourth-order valence-corrected chi connectivity index (χ4v) is 2.39. The number of carbonyl (C=O) groups excluding carboxylic acids is 2. The van der Waals surface area contributed by atoms with Crippen LogP contribution < -0.4 is 0 Å². The highest BCUT2D eigenvalue weighted by atomic mass is 16.3. The molecule has 0 fully saturated rings. The number of hydrogen-bond acceptors (Lipinski definition) is 5. The molecular formula is C14H15NO5. The van der Waals surface area contributed by atoms with Crippen molar-refractivity contribution in [2.45, 2.75) is 13.0 Å². The number of aromatic hydroxyl groups is 1. The second-order valence-corrected chi connectivity index (χ2v) is 4.54. The molecule has 0 bridgehead atoms. The van der Waals surface area contributed by atoms with Crippen LogP contribution in [-0.2, 0) is 9.59 Å². The van der Waals surface area contributed by atoms with Gasteiger partial charge in [0.2, 0.25) is 0 Å². The second kappa shape index (κ2) is 5.34. The minimum Gasteiger partial charge on any atom is -0.508 e. The van der Waals surface area contributed by atoms with E-state index in [4.69, 9.17) is 5.11 Å². The SMILES string of the molecule is CC(=O)C1=C(O)C(=O)N(CCO)C1c1cccc(O)c1. The molecule has 0 aromatic heterocycles. The van der Waals surface area contributed by atoms with E-state index in [1.807, 2.05) is 0 Å². The van der Waals surface area contributed by atoms with E-state index in [-0.39, 0.29) is 24.5 Å². The highest BCUT2D eigenvalue weighted by Gasteiger charge is 2.41. The number of carbonyl (C=O) groups is 2. The number of hydrogen-bond donors (Lipinski definition) is 3. The van der Waals surface area contributed by atoms with E-state index in [1.165, 1.54) is 24.0 Å². The monoisotopic (exact) mass is 277 g/mol. The number of phenols is 1. The Bertz CT molecular complexity index is 593. The summed E-state index contributed by atoms with van der Waals surface area (Å²) in [7, 11) is 0. The van der Waals surface area contributed by atoms with Crippen LogP contribution in [0.1, 0.15) is 18.5 Å². The summed E-state index contributed by atoms with van der Waals surface area (Å²) in [6.45, 7) is 0.955. The molecule has 6 nitrogen and oxygen atoms in total. The van der Waals surface area contributed by atoms with Crippen molar-refractivity contribution in [1.29, 1.82) is 0 Å². The van der Waals surface area contributed by atoms with E-state index in [9.17, 15) is 19.8 Å². The molecule has 3 N–H and O–H groups in total. The molecule has 1 unspecified atom stereocenters. The Kier molecular flexibility index (Phi) is 3.76. The van der Waals surface area contributed by atoms with Crippen LogP contribution in [0, 0.1) is 0 Å². The third kappa shape index (κ3) is 2.25. The molecule has 1 aliphatic heterocycles. The van der Waals surface area contributed by atoms with E-state index in [1.54, 1.807) is 12.1 Å². The van der Waals surface area contributed by atoms with Gasteiger partial charge in [0.05, 0.1) is 18.2 Å². The molecule has 1 heterocycles. The van der Waals surface area contributed by atoms with Crippen LogP contribution in [0.5, 0.6) is 5.75 Å². The molecule has 1 amide bonds. The number of amides is 1. The summed E-state index contributed by atoms with van der Waals surface area (Å²) in [5.41, 5.74) is 0.482. The maximum Gasteiger partial charge on any atom is 0.290 e. The lowest BCUT2D eigenvalue weighted by Gasteiger charge is -2.25. The van der Waals surface area contributed by atoms with Crippen LogP contribution in [0.4, 0.5) is 0 Å². The van der Waals surface area contributed by atoms with Gasteiger partial charge in [-0.2, -0.15) is 0 Å². The summed E-state index contributed by atoms with van der Waals surface area (Å²) in [5.74, 6) is -1.73. The van der Waals surface area contributed by atoms with Crippen molar-refractivity contribution in [2.75, 3.05) is 13.2 Å². The van der Waals surface area contributed by atoms with Gasteiger partial charge < -0.3 is 20.2 Å². The third-order valence-electron chi connectivity index (χ3n) is 3.21. The molecule has 1 aromatic rings. The van der Waals surface area contributed by atoms with Crippen molar-refractivity contribution in [3.63, 3.8) is 0 Å². The number of aliphatic hydroxyl groups is 2. The molecule has 0 saturated carbocycles. The standard InChI is InChI=1S/C14H15NO5/c1-8(17)11-12(9-3-2-4-10(18)7-9)15(5-6-16)14(20)13(11)19/h2-4,7,12,16,18-19H,5-6H2,1H3. The molecule has 106 valence electrons. The molecule has 0 saturated heterocycles. The van der Waals surface area contributed by atoms with Gasteiger partial charge >= 0.3 is 0 Å². The molecule has 0 aliphatic carbocycles. The number of benzene rings is 1. The van der Waals surface area contributed by atoms with E-state index in [2.05, 4.69) is 0 Å². The number of Topliss-reactive ketones (excluding diaryl/α,β-unsaturated/α-hetero) is 1. The van der Waals surface area contributed by atoms with Gasteiger partial charge in [-0.05, 0) is 24.6 Å². The van der Waals surface area contributed by atoms with E-state index in [0.29, 0.717) is 5.56 Å². The van der Waals surface area contributed by atoms with Gasteiger partial charge in [0.1, 0.15) is 5.75 Å². The zero-order valence-electron chi connectivity index (χ0n) is 10.9. The second-order valence-electron chi connectivity index (χ2n) is 4.54. The lowest BCUT2D eigenvalue weighted by Crippen LogP contribution is -2.33. The largest absolute Gasteiger partial charge is 0.508 e. The molecular weight excluding hydrogens is 262 g/mol. The van der Waals surface area contributed by atoms with Crippen molar-refractivity contribution in [3.05, 3.63) is 41.2 Å². The highest BCUT2D eigenvalue weighted by Crippen LogP contribution is 2.38. The van der Waals surface area contributed by atoms with Gasteiger partial charge in [-0.3, -0.25) is 9.59 Å². The Labute approximate surface area is 115 Å². The number of rotatable bonds is 4. The molecule has 1 atom stereocenters. The number of nitrogens with zero attached hydrogens (tertiary/aromatic N) is 1. The lowest BCUT2D eigenvalue weighted by molar-refractivity contribution is -0.129. The predicted molar refractivity (Wildman–Crippen MR) is 70.0 cm³/mol. The van der Waals surface area contributed by atoms with Crippen LogP contribution in [0.3, 0.4) is 0 Å². The number of β-amino-alcohol motifs (C(OH)–C–C–N with tert-alkyl or cyclic N) is 1. The molecule has 20 heavy (non-hydrogen) atoms. The number of phenolic OH excluding ortho intramolecular Hbond substituents is 1. The topological polar surface area (TPSA) is 98.1 Å². The Morgan fingerprint density at radius 1 is 1.35 bits per heavy atom. The van der Waals surface area contributed by atoms with Crippen LogP contribution in [0.25, 0.3) is 0 Å². The van der Waals surface area contributed by atoms with Crippen molar-refractivity contribution < 1.29 is 24.9 Å². The van der Waals surface area contributed by atoms with Crippen molar-refractivity contribution in [3.8, 4) is 5.75 Å². The minimum absolute atomic E-state index is 0.00631. The summed E-state index contributed by atoms with van der Waals surface area (Å²) in [6.07, 6.45) is 0. The first-order valence-corrected chi connectivity index (χ1v) is 6.12. The summed E-state index contributed by atoms with van der Waals surface area (Å²) < 4.78 is 0. The fourth-order valence-electron chi connectivity index (χ4n) is 2.39. The first kappa shape index (κ1) is 14.1. The van der Waals surface area contributed by atoms with E-state index in [0.717, 1.165) is 0 Å². The fraction of sp³-hybridized carbons (Fsp3) is 0.286. The predicted octanol–water partition coefficient (Wildman–Crippen LogP) is 0.669. The molecule has 6 heteroatoms. The lowest BCUT2D eigenvalue weighted by atomic mass is 9.96. The zero-order valence-corrected chi connectivity index (χ0v) is 10.9. The summed E-state index contributed by atoms with van der Waals surface area (Å²) in [5, 5.41) is 28.4. The average Bonchev–Trinajstić information content (AvgIpc) is 2.64. The van der Waals surface area contributed by atoms with Crippen LogP contribution >= 0.6 is 0 Å². The third-order valence-corrected chi connectivity index (χ3v) is 3.21. The number of ketones is 1. The van der Waals surface area contributed by atoms with Gasteiger partial charge in [0, 0.05) is 6.54 Å². The summed E-state index contributed by atoms with van der Waals surface area (Å²) in [4.78, 5) is 24.9. The zero-order chi connectivity index (χ0) is 14.9. The van der Waals surface area contributed by atoms with Crippen molar-refractivity contribution >= 4 is 11.7 Å². The molecule has 0 spiro atoms. The summed E-state index contributed by atoms with van der Waals surface area (Å²) in [6, 6.07) is 5.32. The first-order valence-electron chi connectivity index (χ1n) is 6.12. The quantitative estimate of drug-likeness (QED) is 0.751. The van der Waals surface area contributed by atoms with Gasteiger partial charge in [-0.1, -0.05) is 12.1 Å². The molecule has 2 rings (SSSR count).